The Hall–Kier alpha value is -2.74. The van der Waals surface area contributed by atoms with Gasteiger partial charge in [0, 0.05) is 11.6 Å². The summed E-state index contributed by atoms with van der Waals surface area (Å²) in [6.07, 6.45) is 1.93. The topological polar surface area (TPSA) is 25.8 Å². The highest BCUT2D eigenvalue weighted by Gasteiger charge is 2.08. The molecule has 1 heterocycles. The Bertz CT molecular complexity index is 952. The van der Waals surface area contributed by atoms with E-state index in [0.717, 1.165) is 16.7 Å². The van der Waals surface area contributed by atoms with Crippen LogP contribution in [0.3, 0.4) is 0 Å². The molecular formula is C19H14N2. The zero-order valence-electron chi connectivity index (χ0n) is 11.7. The predicted molar refractivity (Wildman–Crippen MR) is 87.2 cm³/mol. The maximum absolute atomic E-state index is 4.53. The number of fused-ring (bicyclic) bond motifs is 2. The second-order valence-electron chi connectivity index (χ2n) is 5.18. The molecule has 2 nitrogen and oxygen atoms in total. The number of hydrogen-bond acceptors (Lipinski definition) is 2. The Morgan fingerprint density at radius 1 is 0.714 bits per heavy atom. The van der Waals surface area contributed by atoms with Crippen molar-refractivity contribution in [1.82, 2.24) is 9.97 Å². The Morgan fingerprint density at radius 2 is 1.43 bits per heavy atom. The van der Waals surface area contributed by atoms with Gasteiger partial charge in [0.15, 0.2) is 0 Å². The normalized spacial score (nSPS) is 11.1. The van der Waals surface area contributed by atoms with Crippen molar-refractivity contribution >= 4 is 21.7 Å². The third kappa shape index (κ3) is 1.96. The first kappa shape index (κ1) is 12.0. The van der Waals surface area contributed by atoms with E-state index in [4.69, 9.17) is 0 Å². The van der Waals surface area contributed by atoms with Gasteiger partial charge < -0.3 is 0 Å². The van der Waals surface area contributed by atoms with Gasteiger partial charge in [-0.25, -0.2) is 9.97 Å². The molecule has 4 aromatic rings. The molecule has 0 amide bonds. The lowest BCUT2D eigenvalue weighted by Gasteiger charge is -2.09. The van der Waals surface area contributed by atoms with E-state index in [-0.39, 0.29) is 0 Å². The van der Waals surface area contributed by atoms with Gasteiger partial charge in [-0.3, -0.25) is 0 Å². The smallest absolute Gasteiger partial charge is 0.125 e. The lowest BCUT2D eigenvalue weighted by Crippen LogP contribution is -1.90. The Labute approximate surface area is 123 Å². The molecule has 2 heteroatoms. The molecule has 21 heavy (non-hydrogen) atoms. The molecular weight excluding hydrogens is 256 g/mol. The van der Waals surface area contributed by atoms with Gasteiger partial charge in [-0.05, 0) is 34.9 Å². The summed E-state index contributed by atoms with van der Waals surface area (Å²) < 4.78 is 0. The van der Waals surface area contributed by atoms with E-state index in [0.29, 0.717) is 0 Å². The fourth-order valence-corrected chi connectivity index (χ4v) is 2.84. The summed E-state index contributed by atoms with van der Waals surface area (Å²) in [5.74, 6) is 0.803. The van der Waals surface area contributed by atoms with Gasteiger partial charge in [-0.15, -0.1) is 0 Å². The number of rotatable bonds is 1. The molecule has 0 radical (unpaired) electrons. The summed E-state index contributed by atoms with van der Waals surface area (Å²) in [5, 5.41) is 3.60. The van der Waals surface area contributed by atoms with Crippen LogP contribution in [-0.2, 0) is 0 Å². The Morgan fingerprint density at radius 3 is 2.33 bits per heavy atom. The van der Waals surface area contributed by atoms with Crippen molar-refractivity contribution in [3.63, 3.8) is 0 Å². The molecule has 0 aliphatic heterocycles. The Balaban J connectivity index is 2.09. The molecule has 0 saturated carbocycles. The number of hydrogen-bond donors (Lipinski definition) is 0. The van der Waals surface area contributed by atoms with Crippen LogP contribution in [0.2, 0.25) is 0 Å². The van der Waals surface area contributed by atoms with Crippen LogP contribution < -0.4 is 0 Å². The van der Waals surface area contributed by atoms with Crippen LogP contribution in [0.4, 0.5) is 0 Å². The van der Waals surface area contributed by atoms with E-state index in [9.17, 15) is 0 Å². The highest BCUT2D eigenvalue weighted by Crippen LogP contribution is 2.32. The van der Waals surface area contributed by atoms with Crippen LogP contribution >= 0.6 is 0 Å². The number of aromatic nitrogens is 2. The van der Waals surface area contributed by atoms with Crippen molar-refractivity contribution in [2.45, 2.75) is 6.92 Å². The minimum absolute atomic E-state index is 0.803. The van der Waals surface area contributed by atoms with Gasteiger partial charge in [-0.1, -0.05) is 54.6 Å². The van der Waals surface area contributed by atoms with Gasteiger partial charge in [0.1, 0.15) is 5.82 Å². The van der Waals surface area contributed by atoms with Gasteiger partial charge in [0.25, 0.3) is 0 Å². The molecule has 100 valence electrons. The standard InChI is InChI=1S/C19H14N2/c1-13-20-12-18-17(10-5-11-19(18)21-13)16-9-4-7-14-6-2-3-8-15(14)16/h2-12H,1H3. The third-order valence-corrected chi connectivity index (χ3v) is 3.83. The summed E-state index contributed by atoms with van der Waals surface area (Å²) in [5.41, 5.74) is 3.41. The summed E-state index contributed by atoms with van der Waals surface area (Å²) in [7, 11) is 0. The van der Waals surface area contributed by atoms with E-state index >= 15 is 0 Å². The maximum atomic E-state index is 4.53. The van der Waals surface area contributed by atoms with Crippen LogP contribution in [0.25, 0.3) is 32.8 Å². The summed E-state index contributed by atoms with van der Waals surface area (Å²) in [4.78, 5) is 8.89. The van der Waals surface area contributed by atoms with Crippen LogP contribution in [0.5, 0.6) is 0 Å². The highest BCUT2D eigenvalue weighted by atomic mass is 14.9. The van der Waals surface area contributed by atoms with Crippen molar-refractivity contribution < 1.29 is 0 Å². The van der Waals surface area contributed by atoms with Crippen LogP contribution in [0.1, 0.15) is 5.82 Å². The third-order valence-electron chi connectivity index (χ3n) is 3.83. The van der Waals surface area contributed by atoms with Crippen molar-refractivity contribution in [2.24, 2.45) is 0 Å². The highest BCUT2D eigenvalue weighted by molar-refractivity contribution is 6.04. The zero-order chi connectivity index (χ0) is 14.2. The molecule has 0 unspecified atom stereocenters. The number of aryl methyl sites for hydroxylation is 1. The van der Waals surface area contributed by atoms with Gasteiger partial charge in [0.2, 0.25) is 0 Å². The van der Waals surface area contributed by atoms with E-state index in [1.54, 1.807) is 0 Å². The molecule has 1 aromatic heterocycles. The maximum Gasteiger partial charge on any atom is 0.125 e. The minimum atomic E-state index is 0.803. The zero-order valence-corrected chi connectivity index (χ0v) is 11.7. The monoisotopic (exact) mass is 270 g/mol. The summed E-state index contributed by atoms with van der Waals surface area (Å²) in [6, 6.07) is 21.1. The first-order valence-corrected chi connectivity index (χ1v) is 7.03. The van der Waals surface area contributed by atoms with Crippen LogP contribution in [-0.4, -0.2) is 9.97 Å². The second kappa shape index (κ2) is 4.67. The quantitative estimate of drug-likeness (QED) is 0.498. The molecule has 0 saturated heterocycles. The molecule has 4 rings (SSSR count). The lowest BCUT2D eigenvalue weighted by molar-refractivity contribution is 1.09. The van der Waals surface area contributed by atoms with Crippen molar-refractivity contribution in [3.8, 4) is 11.1 Å². The lowest BCUT2D eigenvalue weighted by atomic mass is 9.96. The summed E-state index contributed by atoms with van der Waals surface area (Å²) in [6.45, 7) is 1.92. The molecule has 3 aromatic carbocycles. The van der Waals surface area contributed by atoms with Crippen molar-refractivity contribution in [2.75, 3.05) is 0 Å². The van der Waals surface area contributed by atoms with Crippen LogP contribution in [0.15, 0.2) is 66.9 Å². The molecule has 0 aliphatic carbocycles. The summed E-state index contributed by atoms with van der Waals surface area (Å²) >= 11 is 0. The number of nitrogens with zero attached hydrogens (tertiary/aromatic N) is 2. The molecule has 0 atom stereocenters. The fourth-order valence-electron chi connectivity index (χ4n) is 2.84. The van der Waals surface area contributed by atoms with E-state index in [1.807, 2.05) is 19.2 Å². The minimum Gasteiger partial charge on any atom is -0.241 e. The average Bonchev–Trinajstić information content (AvgIpc) is 2.53. The van der Waals surface area contributed by atoms with Gasteiger partial charge in [0.05, 0.1) is 5.52 Å². The van der Waals surface area contributed by atoms with E-state index < -0.39 is 0 Å². The molecule has 0 N–H and O–H groups in total. The number of benzene rings is 3. The molecule has 0 spiro atoms. The Kier molecular flexibility index (Phi) is 2.68. The first-order chi connectivity index (χ1) is 10.3. The van der Waals surface area contributed by atoms with Crippen molar-refractivity contribution in [1.29, 1.82) is 0 Å². The molecule has 0 bridgehead atoms. The van der Waals surface area contributed by atoms with E-state index in [2.05, 4.69) is 64.6 Å². The second-order valence-corrected chi connectivity index (χ2v) is 5.18. The first-order valence-electron chi connectivity index (χ1n) is 7.03. The van der Waals surface area contributed by atoms with Gasteiger partial charge >= 0.3 is 0 Å². The largest absolute Gasteiger partial charge is 0.241 e. The predicted octanol–water partition coefficient (Wildman–Crippen LogP) is 4.76. The van der Waals surface area contributed by atoms with E-state index in [1.165, 1.54) is 21.9 Å². The average molecular weight is 270 g/mol. The van der Waals surface area contributed by atoms with Crippen molar-refractivity contribution in [3.05, 3.63) is 72.7 Å². The van der Waals surface area contributed by atoms with Gasteiger partial charge in [-0.2, -0.15) is 0 Å². The molecule has 0 aliphatic rings. The fraction of sp³-hybridized carbons (Fsp3) is 0.0526. The SMILES string of the molecule is Cc1ncc2c(-c3cccc4ccccc34)cccc2n1. The van der Waals surface area contributed by atoms with Crippen LogP contribution in [0, 0.1) is 6.92 Å². The molecule has 0 fully saturated rings.